The van der Waals surface area contributed by atoms with E-state index in [1.165, 1.54) is 10.4 Å². The molecule has 2 aromatic carbocycles. The topological polar surface area (TPSA) is 98.7 Å². The van der Waals surface area contributed by atoms with E-state index in [0.717, 1.165) is 24.8 Å². The maximum atomic E-state index is 13.2. The number of carboxylic acid groups (broad SMARTS) is 1. The summed E-state index contributed by atoms with van der Waals surface area (Å²) in [7, 11) is -2.16. The molecule has 0 fully saturated rings. The average molecular weight is 483 g/mol. The number of carbonyl (C=O) groups is 1. The van der Waals surface area contributed by atoms with Crippen LogP contribution >= 0.6 is 22.4 Å². The fourth-order valence-corrected chi connectivity index (χ4v) is 5.37. The Morgan fingerprint density at radius 1 is 1.10 bits per heavy atom. The summed E-state index contributed by atoms with van der Waals surface area (Å²) in [6, 6.07) is 12.2. The minimum Gasteiger partial charge on any atom is -0.779 e. The summed E-state index contributed by atoms with van der Waals surface area (Å²) in [5, 5.41) is 12.6. The Morgan fingerprint density at radius 3 is 2.48 bits per heavy atom. The summed E-state index contributed by atoms with van der Waals surface area (Å²) >= 11 is 6.12. The fourth-order valence-electron chi connectivity index (χ4n) is 3.65. The van der Waals surface area contributed by atoms with Gasteiger partial charge in [0.1, 0.15) is 0 Å². The normalized spacial score (nSPS) is 17.3. The van der Waals surface area contributed by atoms with Crippen molar-refractivity contribution in [3.8, 4) is 0 Å². The van der Waals surface area contributed by atoms with Crippen molar-refractivity contribution < 1.29 is 78.1 Å². The van der Waals surface area contributed by atoms with Gasteiger partial charge in [0.05, 0.1) is 11.7 Å². The van der Waals surface area contributed by atoms with E-state index < -0.39 is 16.7 Å². The van der Waals surface area contributed by atoms with Gasteiger partial charge in [0, 0.05) is 23.4 Å². The smallest absolute Gasteiger partial charge is 0.779 e. The number of sulfonamides is 1. The number of carboxylic acids is 1. The van der Waals surface area contributed by atoms with Crippen molar-refractivity contribution in [2.45, 2.75) is 43.0 Å². The van der Waals surface area contributed by atoms with Crippen LogP contribution in [-0.4, -0.2) is 33.8 Å². The third-order valence-electron chi connectivity index (χ3n) is 5.18. The predicted molar refractivity (Wildman–Crippen MR) is 114 cm³/mol. The number of halogens is 1. The Hall–Kier alpha value is 0.230. The maximum absolute atomic E-state index is 13.2. The largest absolute Gasteiger partial charge is 1.00 e. The summed E-state index contributed by atoms with van der Waals surface area (Å²) in [6.07, 6.45) is 3.52. The van der Waals surface area contributed by atoms with Crippen LogP contribution in [0.2, 0.25) is 5.02 Å². The van der Waals surface area contributed by atoms with Crippen molar-refractivity contribution in [1.29, 1.82) is 0 Å². The van der Waals surface area contributed by atoms with Gasteiger partial charge in [0.15, 0.2) is 0 Å². The minimum atomic E-state index is -3.72. The van der Waals surface area contributed by atoms with E-state index in [-0.39, 0.29) is 76.5 Å². The first-order valence-corrected chi connectivity index (χ1v) is 11.5. The van der Waals surface area contributed by atoms with Crippen molar-refractivity contribution in [3.63, 3.8) is 0 Å². The van der Waals surface area contributed by atoms with E-state index in [1.807, 2.05) is 18.2 Å². The number of nitrogens with zero attached hydrogens (tertiary/aromatic N) is 1. The third-order valence-corrected chi connectivity index (χ3v) is 7.24. The molecule has 1 aliphatic rings. The molecular weight excluding hydrogens is 458 g/mol. The van der Waals surface area contributed by atoms with E-state index in [9.17, 15) is 13.9 Å². The first-order chi connectivity index (χ1) is 13.8. The zero-order valence-corrected chi connectivity index (χ0v) is 23.8. The van der Waals surface area contributed by atoms with E-state index in [2.05, 4.69) is 5.32 Å². The third kappa shape index (κ3) is 7.11. The molecular formula is C21H25ClN2Na2O4S. The monoisotopic (exact) mass is 482 g/mol. The summed E-state index contributed by atoms with van der Waals surface area (Å²) in [4.78, 5) is 10.8. The van der Waals surface area contributed by atoms with Crippen LogP contribution in [0.25, 0.3) is 0 Å². The molecule has 0 radical (unpaired) electrons. The van der Waals surface area contributed by atoms with E-state index in [4.69, 9.17) is 16.7 Å². The maximum Gasteiger partial charge on any atom is 1.00 e. The molecule has 6 nitrogen and oxygen atoms in total. The van der Waals surface area contributed by atoms with Crippen molar-refractivity contribution in [2.75, 3.05) is 17.9 Å². The molecule has 31 heavy (non-hydrogen) atoms. The van der Waals surface area contributed by atoms with Crippen LogP contribution < -0.4 is 68.7 Å². The summed E-state index contributed by atoms with van der Waals surface area (Å²) < 4.78 is 27.7. The van der Waals surface area contributed by atoms with Crippen molar-refractivity contribution >= 4 is 34.0 Å². The number of nitrogens with one attached hydrogen (secondary N) is 1. The zero-order valence-electron chi connectivity index (χ0n) is 18.3. The molecule has 0 amide bonds. The van der Waals surface area contributed by atoms with Gasteiger partial charge in [-0.15, -0.1) is 0 Å². The number of hydrogen-bond acceptors (Lipinski definition) is 5. The van der Waals surface area contributed by atoms with E-state index in [1.54, 1.807) is 25.2 Å². The first-order valence-electron chi connectivity index (χ1n) is 9.65. The minimum absolute atomic E-state index is 0. The molecule has 0 saturated heterocycles. The van der Waals surface area contributed by atoms with Gasteiger partial charge >= 0.3 is 65.1 Å². The van der Waals surface area contributed by atoms with Crippen LogP contribution in [0.15, 0.2) is 47.4 Å². The van der Waals surface area contributed by atoms with Gasteiger partial charge in [-0.05, 0) is 48.7 Å². The van der Waals surface area contributed by atoms with E-state index in [0.29, 0.717) is 29.2 Å². The molecule has 158 valence electrons. The van der Waals surface area contributed by atoms with Crippen molar-refractivity contribution in [2.24, 2.45) is 0 Å². The van der Waals surface area contributed by atoms with Gasteiger partial charge < -0.3 is 34.6 Å². The Kier molecular flexibility index (Phi) is 12.5. The van der Waals surface area contributed by atoms with Gasteiger partial charge in [0.25, 0.3) is 0 Å². The van der Waals surface area contributed by atoms with Crippen molar-refractivity contribution in [1.82, 2.24) is 5.32 Å². The summed E-state index contributed by atoms with van der Waals surface area (Å²) in [5.41, 5.74) is 2.21. The van der Waals surface area contributed by atoms with Gasteiger partial charge in [-0.2, -0.15) is 0 Å². The number of unbranched alkanes of at least 4 members (excludes halogenated alkanes) is 3. The second kappa shape index (κ2) is 13.2. The molecule has 2 N–H and O–H groups in total. The number of hydrogen-bond donors (Lipinski definition) is 2. The molecule has 1 heterocycles. The molecule has 10 heteroatoms. The van der Waals surface area contributed by atoms with Crippen LogP contribution in [-0.2, 0) is 4.79 Å². The van der Waals surface area contributed by atoms with Gasteiger partial charge in [-0.3, -0.25) is 4.79 Å². The number of benzene rings is 2. The molecule has 0 aliphatic carbocycles. The molecule has 2 aromatic rings. The Labute approximate surface area is 234 Å². The molecule has 3 rings (SSSR count). The van der Waals surface area contributed by atoms with E-state index >= 15 is 0 Å². The number of anilines is 1. The van der Waals surface area contributed by atoms with Crippen LogP contribution in [0, 0.1) is 0 Å². The Bertz CT molecular complexity index is 888. The molecule has 1 atom stereocenters. The standard InChI is InChI=1S/C21H27ClN2O4S.2Na/c1-24-18-9-6-5-8-16(18)21(23-13-7-3-2-4-10-20(25)26)17-12-11-15(22)14-19(17)29(24,27)28;;/h5-6,8-9,11-12,14,21,23,27-28H,2-4,7,10,13H2,1H3,(H,25,26);;/q;2*+1/p-2. The van der Waals surface area contributed by atoms with Crippen LogP contribution in [0.5, 0.6) is 0 Å². The molecule has 0 saturated carbocycles. The van der Waals surface area contributed by atoms with Gasteiger partial charge in [0.2, 0.25) is 0 Å². The fraction of sp³-hybridized carbons (Fsp3) is 0.381. The van der Waals surface area contributed by atoms with Crippen LogP contribution in [0.4, 0.5) is 5.69 Å². The molecule has 1 aliphatic heterocycles. The number of aliphatic carboxylic acids is 1. The quantitative estimate of drug-likeness (QED) is 0.364. The molecule has 0 bridgehead atoms. The molecule has 0 aromatic heterocycles. The van der Waals surface area contributed by atoms with Gasteiger partial charge in [-0.25, -0.2) is 0 Å². The predicted octanol–water partition coefficient (Wildman–Crippen LogP) is -1.15. The number of rotatable bonds is 8. The van der Waals surface area contributed by atoms with Crippen LogP contribution in [0.1, 0.15) is 49.3 Å². The Morgan fingerprint density at radius 2 is 1.77 bits per heavy atom. The average Bonchev–Trinajstić information content (AvgIpc) is 2.75. The SMILES string of the molecule is CN1c2ccccc2C(NCCCCCCC(=O)O)c2ccc(Cl)cc2S1([O-])[O-].[Na+].[Na+]. The Balaban J connectivity index is 0.00000240. The van der Waals surface area contributed by atoms with Crippen molar-refractivity contribution in [3.05, 3.63) is 58.6 Å². The number of fused-ring (bicyclic) bond motifs is 2. The second-order valence-corrected chi connectivity index (χ2v) is 9.53. The second-order valence-electron chi connectivity index (χ2n) is 7.16. The number of para-hydroxylation sites is 1. The van der Waals surface area contributed by atoms with Gasteiger partial charge in [-0.1, -0.05) is 48.7 Å². The molecule has 0 spiro atoms. The zero-order chi connectivity index (χ0) is 21.0. The first kappa shape index (κ1) is 29.3. The molecule has 1 unspecified atom stereocenters. The summed E-state index contributed by atoms with van der Waals surface area (Å²) in [5.74, 6) is -0.765. The van der Waals surface area contributed by atoms with Crippen LogP contribution in [0.3, 0.4) is 0 Å². The summed E-state index contributed by atoms with van der Waals surface area (Å²) in [6.45, 7) is 0.692.